The summed E-state index contributed by atoms with van der Waals surface area (Å²) in [5, 5.41) is 0. The maximum absolute atomic E-state index is 13.5. The minimum absolute atomic E-state index is 0.187. The molecule has 0 bridgehead atoms. The quantitative estimate of drug-likeness (QED) is 0.143. The van der Waals surface area contributed by atoms with Crippen molar-refractivity contribution in [3.05, 3.63) is 167 Å². The van der Waals surface area contributed by atoms with Crippen LogP contribution >= 0.6 is 0 Å². The Labute approximate surface area is 292 Å². The van der Waals surface area contributed by atoms with Gasteiger partial charge in [0.2, 0.25) is 0 Å². The number of anilines is 3. The summed E-state index contributed by atoms with van der Waals surface area (Å²) in [5.74, 6) is 0.0177. The van der Waals surface area contributed by atoms with Crippen LogP contribution in [0.25, 0.3) is 27.9 Å². The molecule has 5 nitrogen and oxygen atoms in total. The van der Waals surface area contributed by atoms with Gasteiger partial charge in [-0.2, -0.15) is 13.2 Å². The van der Waals surface area contributed by atoms with E-state index in [1.54, 1.807) is 12.1 Å². The molecule has 0 aliphatic carbocycles. The molecule has 0 aliphatic heterocycles. The van der Waals surface area contributed by atoms with Crippen LogP contribution in [0.5, 0.6) is 11.6 Å². The van der Waals surface area contributed by atoms with Gasteiger partial charge >= 0.3 is 263 Å². The van der Waals surface area contributed by atoms with Crippen LogP contribution in [0.2, 0.25) is 0 Å². The van der Waals surface area contributed by atoms with Gasteiger partial charge in [-0.1, -0.05) is 0 Å². The van der Waals surface area contributed by atoms with E-state index in [0.29, 0.717) is 5.69 Å². The monoisotopic (exact) mass is 831 g/mol. The van der Waals surface area contributed by atoms with Gasteiger partial charge in [-0.3, -0.25) is 0 Å². The summed E-state index contributed by atoms with van der Waals surface area (Å²) >= 11 is 2.28. The number of imidazole rings is 1. The van der Waals surface area contributed by atoms with Crippen LogP contribution < -0.4 is 9.64 Å². The standard InChI is InChI=1S/C40H27F3N4O.Pt/c1-45-23-24-46(28-45)32-15-8-16-33(26-32)47(34-17-9-18-35(27-34)48-38-25-31(21-22-44-38)40(41,42)43)39-36(29-11-4-2-5-12-29)19-10-20-37(39)30-13-6-3-7-14-30;/h2-25H,1H3;/q-2;. The molecule has 0 radical (unpaired) electrons. The first kappa shape index (κ1) is 32.1. The SMILES string of the molecule is Cn1ccn(-c2[c-]c(N(c3[c-]c(Oc4cc(C(F)(F)F)ccn4)ccc3)c3c(-c4ccccc4)cccc3-c3ccccc3)ccc2)[c]1=[Pt]. The first-order valence-electron chi connectivity index (χ1n) is 15.3. The number of ether oxygens (including phenoxy) is 1. The maximum atomic E-state index is 13.5. The van der Waals surface area contributed by atoms with E-state index in [0.717, 1.165) is 61.4 Å². The van der Waals surface area contributed by atoms with Gasteiger partial charge in [0.1, 0.15) is 0 Å². The van der Waals surface area contributed by atoms with Gasteiger partial charge < -0.3 is 0 Å². The second-order valence-corrected chi connectivity index (χ2v) is 12.1. The number of aryl methyl sites for hydroxylation is 1. The Morgan fingerprint density at radius 3 is 1.94 bits per heavy atom. The summed E-state index contributed by atoms with van der Waals surface area (Å²) in [4.78, 5) is 6.10. The van der Waals surface area contributed by atoms with E-state index < -0.39 is 11.7 Å². The molecule has 0 unspecified atom stereocenters. The Hall–Kier alpha value is -5.46. The van der Waals surface area contributed by atoms with Crippen LogP contribution in [0, 0.1) is 15.9 Å². The molecule has 7 rings (SSSR count). The average molecular weight is 832 g/mol. The molecule has 2 heterocycles. The van der Waals surface area contributed by atoms with Crippen molar-refractivity contribution in [3.63, 3.8) is 0 Å². The number of hydrogen-bond donors (Lipinski definition) is 0. The Morgan fingerprint density at radius 2 is 1.33 bits per heavy atom. The third-order valence-corrected chi connectivity index (χ3v) is 9.21. The molecule has 49 heavy (non-hydrogen) atoms. The molecule has 0 spiro atoms. The van der Waals surface area contributed by atoms with Crippen molar-refractivity contribution < 1.29 is 37.3 Å². The molecule has 0 aliphatic rings. The molecule has 0 atom stereocenters. The molecule has 5 aromatic carbocycles. The third-order valence-electron chi connectivity index (χ3n) is 7.86. The number of nitrogens with zero attached hydrogens (tertiary/aromatic N) is 4. The van der Waals surface area contributed by atoms with Gasteiger partial charge in [-0.25, -0.2) is 0 Å². The number of para-hydroxylation sites is 1. The summed E-state index contributed by atoms with van der Waals surface area (Å²) in [5.41, 5.74) is 6.08. The van der Waals surface area contributed by atoms with Crippen molar-refractivity contribution in [1.29, 1.82) is 0 Å². The summed E-state index contributed by atoms with van der Waals surface area (Å²) in [6.45, 7) is 0. The Kier molecular flexibility index (Phi) is 8.89. The van der Waals surface area contributed by atoms with Gasteiger partial charge in [-0.15, -0.1) is 0 Å². The van der Waals surface area contributed by atoms with Crippen LogP contribution in [0.4, 0.5) is 30.2 Å². The number of rotatable bonds is 8. The number of alkyl halides is 3. The van der Waals surface area contributed by atoms with Crippen LogP contribution in [0.1, 0.15) is 5.56 Å². The summed E-state index contributed by atoms with van der Waals surface area (Å²) in [6, 6.07) is 46.5. The van der Waals surface area contributed by atoms with E-state index in [1.807, 2.05) is 95.3 Å². The predicted molar refractivity (Wildman–Crippen MR) is 181 cm³/mol. The number of pyridine rings is 1. The zero-order valence-electron chi connectivity index (χ0n) is 26.0. The number of benzene rings is 5. The number of hydrogen-bond acceptors (Lipinski definition) is 3. The van der Waals surface area contributed by atoms with E-state index in [1.165, 1.54) is 0 Å². The second-order valence-electron chi connectivity index (χ2n) is 11.1. The van der Waals surface area contributed by atoms with Gasteiger partial charge in [0.05, 0.1) is 5.56 Å². The zero-order valence-corrected chi connectivity index (χ0v) is 28.3. The van der Waals surface area contributed by atoms with Crippen LogP contribution in [0.3, 0.4) is 0 Å². The van der Waals surface area contributed by atoms with E-state index in [-0.39, 0.29) is 11.6 Å². The molecule has 246 valence electrons. The predicted octanol–water partition coefficient (Wildman–Crippen LogP) is 10.5. The zero-order chi connectivity index (χ0) is 34.0. The molecule has 2 aromatic heterocycles. The van der Waals surface area contributed by atoms with Crippen molar-refractivity contribution in [2.45, 2.75) is 6.18 Å². The van der Waals surface area contributed by atoms with Gasteiger partial charge in [-0.05, 0) is 6.07 Å². The normalized spacial score (nSPS) is 11.4. The first-order chi connectivity index (χ1) is 23.8. The topological polar surface area (TPSA) is 35.2 Å². The van der Waals surface area contributed by atoms with E-state index >= 15 is 0 Å². The van der Waals surface area contributed by atoms with Crippen molar-refractivity contribution in [2.24, 2.45) is 7.05 Å². The molecule has 0 saturated heterocycles. The molecular formula is C40H27F3N4OPt-2. The average Bonchev–Trinajstić information content (AvgIpc) is 3.46. The summed E-state index contributed by atoms with van der Waals surface area (Å²) < 4.78 is 51.4. The number of halogens is 3. The Bertz CT molecular complexity index is 2240. The second kappa shape index (κ2) is 13.6. The van der Waals surface area contributed by atoms with Gasteiger partial charge in [0.25, 0.3) is 0 Å². The van der Waals surface area contributed by atoms with E-state index in [4.69, 9.17) is 4.74 Å². The van der Waals surface area contributed by atoms with Crippen molar-refractivity contribution in [3.8, 4) is 39.6 Å². The molecule has 0 fully saturated rings. The first-order valence-corrected chi connectivity index (χ1v) is 16.4. The summed E-state index contributed by atoms with van der Waals surface area (Å²) in [7, 11) is 1.98. The van der Waals surface area contributed by atoms with E-state index in [2.05, 4.69) is 77.8 Å². The fraction of sp³-hybridized carbons (Fsp3) is 0.0500. The summed E-state index contributed by atoms with van der Waals surface area (Å²) in [6.07, 6.45) is 0.515. The molecular weight excluding hydrogens is 805 g/mol. The Morgan fingerprint density at radius 1 is 0.714 bits per heavy atom. The van der Waals surface area contributed by atoms with Crippen molar-refractivity contribution >= 4 is 17.1 Å². The van der Waals surface area contributed by atoms with Crippen LogP contribution in [-0.2, 0) is 32.6 Å². The fourth-order valence-corrected chi connectivity index (χ4v) is 6.19. The van der Waals surface area contributed by atoms with Crippen LogP contribution in [0.15, 0.2) is 146 Å². The third kappa shape index (κ3) is 6.78. The fourth-order valence-electron chi connectivity index (χ4n) is 5.58. The molecule has 0 N–H and O–H groups in total. The van der Waals surface area contributed by atoms with Crippen molar-refractivity contribution in [1.82, 2.24) is 14.1 Å². The van der Waals surface area contributed by atoms with Crippen molar-refractivity contribution in [2.75, 3.05) is 4.90 Å². The Balaban J connectivity index is 1.46. The van der Waals surface area contributed by atoms with Gasteiger partial charge in [0, 0.05) is 6.20 Å². The minimum atomic E-state index is -4.53. The van der Waals surface area contributed by atoms with Crippen LogP contribution in [-0.4, -0.2) is 14.1 Å². The molecule has 0 amide bonds. The molecule has 9 heteroatoms. The van der Waals surface area contributed by atoms with E-state index in [9.17, 15) is 13.2 Å². The molecule has 0 saturated carbocycles. The van der Waals surface area contributed by atoms with Gasteiger partial charge in [0.15, 0.2) is 0 Å². The number of aromatic nitrogens is 3. The molecule has 7 aromatic rings.